The van der Waals surface area contributed by atoms with Crippen molar-refractivity contribution in [1.29, 1.82) is 0 Å². The van der Waals surface area contributed by atoms with Crippen molar-refractivity contribution in [2.24, 2.45) is 4.99 Å². The van der Waals surface area contributed by atoms with Crippen LogP contribution in [0, 0.1) is 0 Å². The summed E-state index contributed by atoms with van der Waals surface area (Å²) in [5.74, 6) is 0.895. The molecule has 4 heterocycles. The van der Waals surface area contributed by atoms with E-state index in [4.69, 9.17) is 9.47 Å². The summed E-state index contributed by atoms with van der Waals surface area (Å²) in [6, 6.07) is 2.13. The van der Waals surface area contributed by atoms with Crippen LogP contribution in [0.1, 0.15) is 30.2 Å². The number of rotatable bonds is 4. The number of guanidine groups is 1. The smallest absolute Gasteiger partial charge is 0.244 e. The Balaban J connectivity index is 1.36. The highest BCUT2D eigenvalue weighted by Gasteiger charge is 2.32. The molecule has 1 N–H and O–H groups in total. The molecule has 0 aliphatic carbocycles. The number of hydrogen-bond donors (Lipinski definition) is 1. The number of carbonyl (C=O) groups excluding carboxylic acids is 1. The highest BCUT2D eigenvalue weighted by molar-refractivity contribution is 7.10. The van der Waals surface area contributed by atoms with Gasteiger partial charge < -0.3 is 24.6 Å². The summed E-state index contributed by atoms with van der Waals surface area (Å²) in [5.41, 5.74) is 1.29. The molecule has 0 spiro atoms. The monoisotopic (exact) mass is 406 g/mol. The molecule has 1 aromatic rings. The molecule has 0 aromatic carbocycles. The maximum Gasteiger partial charge on any atom is 0.244 e. The van der Waals surface area contributed by atoms with Crippen molar-refractivity contribution in [2.75, 3.05) is 45.9 Å². The molecule has 3 aliphatic heterocycles. The summed E-state index contributed by atoms with van der Waals surface area (Å²) >= 11 is 1.79. The predicted octanol–water partition coefficient (Wildman–Crippen LogP) is 1.48. The molecular weight excluding hydrogens is 376 g/mol. The fourth-order valence-electron chi connectivity index (χ4n) is 4.12. The van der Waals surface area contributed by atoms with Crippen molar-refractivity contribution >= 4 is 23.2 Å². The van der Waals surface area contributed by atoms with Crippen LogP contribution in [0.5, 0.6) is 0 Å². The maximum atomic E-state index is 12.7. The first-order valence-corrected chi connectivity index (χ1v) is 11.2. The van der Waals surface area contributed by atoms with E-state index in [1.54, 1.807) is 11.3 Å². The third-order valence-corrected chi connectivity index (χ3v) is 6.65. The average molecular weight is 407 g/mol. The predicted molar refractivity (Wildman–Crippen MR) is 110 cm³/mol. The SMILES string of the molecule is CCNC(=NCC(=O)N1CCc2sccc2C1)N1CCOC(C2CCCO2)C1. The molecule has 1 amide bonds. The highest BCUT2D eigenvalue weighted by atomic mass is 32.1. The number of nitrogens with one attached hydrogen (secondary N) is 1. The molecule has 7 nitrogen and oxygen atoms in total. The molecular formula is C20H30N4O3S. The van der Waals surface area contributed by atoms with Gasteiger partial charge in [0.25, 0.3) is 0 Å². The molecule has 3 aliphatic rings. The Morgan fingerprint density at radius 3 is 3.00 bits per heavy atom. The minimum Gasteiger partial charge on any atom is -0.375 e. The van der Waals surface area contributed by atoms with E-state index in [1.165, 1.54) is 10.4 Å². The van der Waals surface area contributed by atoms with Gasteiger partial charge in [-0.3, -0.25) is 4.79 Å². The highest BCUT2D eigenvalue weighted by Crippen LogP contribution is 2.24. The Morgan fingerprint density at radius 1 is 1.29 bits per heavy atom. The van der Waals surface area contributed by atoms with Crippen molar-refractivity contribution in [3.05, 3.63) is 21.9 Å². The van der Waals surface area contributed by atoms with Crippen molar-refractivity contribution in [1.82, 2.24) is 15.1 Å². The topological polar surface area (TPSA) is 66.4 Å². The number of ether oxygens (including phenoxy) is 2. The normalized spacial score (nSPS) is 25.7. The molecule has 2 saturated heterocycles. The van der Waals surface area contributed by atoms with Gasteiger partial charge in [-0.1, -0.05) is 0 Å². The van der Waals surface area contributed by atoms with Crippen molar-refractivity contribution < 1.29 is 14.3 Å². The number of carbonyl (C=O) groups is 1. The van der Waals surface area contributed by atoms with Gasteiger partial charge in [0.15, 0.2) is 5.96 Å². The molecule has 154 valence electrons. The zero-order chi connectivity index (χ0) is 19.3. The van der Waals surface area contributed by atoms with E-state index in [9.17, 15) is 4.79 Å². The van der Waals surface area contributed by atoms with Gasteiger partial charge in [0, 0.05) is 44.2 Å². The van der Waals surface area contributed by atoms with Gasteiger partial charge in [0.1, 0.15) is 12.6 Å². The summed E-state index contributed by atoms with van der Waals surface area (Å²) in [6.45, 7) is 7.54. The van der Waals surface area contributed by atoms with Crippen LogP contribution in [-0.4, -0.2) is 79.8 Å². The number of hydrogen-bond acceptors (Lipinski definition) is 5. The molecule has 1 aromatic heterocycles. The number of aliphatic imine (C=N–C) groups is 1. The standard InChI is InChI=1S/C20H30N4O3S/c1-2-21-20(24-8-10-27-17(14-24)16-4-3-9-26-16)22-12-19(25)23-7-5-18-15(13-23)6-11-28-18/h6,11,16-17H,2-5,7-10,12-14H2,1H3,(H,21,22). The molecule has 4 rings (SSSR count). The second-order valence-corrected chi connectivity index (χ2v) is 8.51. The molecule has 0 saturated carbocycles. The summed E-state index contributed by atoms with van der Waals surface area (Å²) in [5, 5.41) is 5.46. The summed E-state index contributed by atoms with van der Waals surface area (Å²) in [7, 11) is 0. The van der Waals surface area contributed by atoms with Gasteiger partial charge in [-0.2, -0.15) is 0 Å². The minimum atomic E-state index is 0.0786. The van der Waals surface area contributed by atoms with Crippen LogP contribution in [0.25, 0.3) is 0 Å². The van der Waals surface area contributed by atoms with Gasteiger partial charge in [0.05, 0.1) is 12.7 Å². The Labute approximate surface area is 170 Å². The first-order valence-electron chi connectivity index (χ1n) is 10.3. The van der Waals surface area contributed by atoms with E-state index in [2.05, 4.69) is 33.6 Å². The van der Waals surface area contributed by atoms with E-state index in [-0.39, 0.29) is 24.7 Å². The van der Waals surface area contributed by atoms with Crippen molar-refractivity contribution in [3.8, 4) is 0 Å². The molecule has 0 radical (unpaired) electrons. The number of thiophene rings is 1. The summed E-state index contributed by atoms with van der Waals surface area (Å²) in [4.78, 5) is 22.9. The van der Waals surface area contributed by atoms with Crippen molar-refractivity contribution in [3.63, 3.8) is 0 Å². The zero-order valence-corrected chi connectivity index (χ0v) is 17.4. The fraction of sp³-hybridized carbons (Fsp3) is 0.700. The van der Waals surface area contributed by atoms with E-state index in [1.807, 2.05) is 4.90 Å². The van der Waals surface area contributed by atoms with Gasteiger partial charge in [-0.05, 0) is 43.2 Å². The molecule has 8 heteroatoms. The lowest BCUT2D eigenvalue weighted by molar-refractivity contribution is -0.130. The lowest BCUT2D eigenvalue weighted by atomic mass is 10.1. The van der Waals surface area contributed by atoms with Gasteiger partial charge in [-0.25, -0.2) is 4.99 Å². The largest absolute Gasteiger partial charge is 0.375 e. The second-order valence-electron chi connectivity index (χ2n) is 7.51. The number of amides is 1. The Morgan fingerprint density at radius 2 is 2.18 bits per heavy atom. The Bertz CT molecular complexity index is 701. The zero-order valence-electron chi connectivity index (χ0n) is 16.6. The number of nitrogens with zero attached hydrogens (tertiary/aromatic N) is 3. The molecule has 2 unspecified atom stereocenters. The third kappa shape index (κ3) is 4.50. The van der Waals surface area contributed by atoms with Crippen LogP contribution < -0.4 is 5.32 Å². The molecule has 0 bridgehead atoms. The Kier molecular flexibility index (Phi) is 6.49. The van der Waals surface area contributed by atoms with Crippen LogP contribution in [0.15, 0.2) is 16.4 Å². The second kappa shape index (κ2) is 9.24. The van der Waals surface area contributed by atoms with E-state index in [0.29, 0.717) is 13.2 Å². The van der Waals surface area contributed by atoms with Gasteiger partial charge in [-0.15, -0.1) is 11.3 Å². The quantitative estimate of drug-likeness (QED) is 0.606. The number of fused-ring (bicyclic) bond motifs is 1. The Hall–Kier alpha value is -1.64. The van der Waals surface area contributed by atoms with Crippen LogP contribution in [0.3, 0.4) is 0 Å². The van der Waals surface area contributed by atoms with Gasteiger partial charge >= 0.3 is 0 Å². The summed E-state index contributed by atoms with van der Waals surface area (Å²) < 4.78 is 11.8. The van der Waals surface area contributed by atoms with Crippen LogP contribution >= 0.6 is 11.3 Å². The van der Waals surface area contributed by atoms with E-state index >= 15 is 0 Å². The van der Waals surface area contributed by atoms with Crippen LogP contribution in [0.4, 0.5) is 0 Å². The first-order chi connectivity index (χ1) is 13.7. The average Bonchev–Trinajstić information content (AvgIpc) is 3.42. The lowest BCUT2D eigenvalue weighted by Gasteiger charge is -2.37. The van der Waals surface area contributed by atoms with Crippen LogP contribution in [-0.2, 0) is 27.2 Å². The van der Waals surface area contributed by atoms with Gasteiger partial charge in [0.2, 0.25) is 5.91 Å². The van der Waals surface area contributed by atoms with Crippen molar-refractivity contribution in [2.45, 2.75) is 44.9 Å². The van der Waals surface area contributed by atoms with E-state index < -0.39 is 0 Å². The first kappa shape index (κ1) is 19.7. The van der Waals surface area contributed by atoms with E-state index in [0.717, 1.165) is 58.0 Å². The van der Waals surface area contributed by atoms with Crippen LogP contribution in [0.2, 0.25) is 0 Å². The molecule has 2 atom stereocenters. The lowest BCUT2D eigenvalue weighted by Crippen LogP contribution is -2.53. The number of morpholine rings is 1. The third-order valence-electron chi connectivity index (χ3n) is 5.63. The minimum absolute atomic E-state index is 0.0786. The maximum absolute atomic E-state index is 12.7. The molecule has 28 heavy (non-hydrogen) atoms. The molecule has 2 fully saturated rings. The summed E-state index contributed by atoms with van der Waals surface area (Å²) in [6.07, 6.45) is 3.38. The fourth-order valence-corrected chi connectivity index (χ4v) is 5.01.